The molecule has 0 aliphatic carbocycles. The van der Waals surface area contributed by atoms with Crippen molar-refractivity contribution < 1.29 is 9.36 Å². The fourth-order valence-electron chi connectivity index (χ4n) is 4.90. The lowest BCUT2D eigenvalue weighted by molar-refractivity contribution is -0.552. The minimum Gasteiger partial charge on any atom is -0.360 e. The number of aromatic nitrogens is 3. The molecular formula is C27H30N5O+. The number of aromatic amines is 1. The third kappa shape index (κ3) is 3.91. The van der Waals surface area contributed by atoms with E-state index in [1.54, 1.807) is 4.57 Å². The molecule has 3 N–H and O–H groups in total. The van der Waals surface area contributed by atoms with Crippen LogP contribution in [0.3, 0.4) is 0 Å². The molecule has 1 aliphatic heterocycles. The van der Waals surface area contributed by atoms with Gasteiger partial charge in [-0.1, -0.05) is 55.5 Å². The van der Waals surface area contributed by atoms with Crippen LogP contribution in [0.5, 0.6) is 0 Å². The van der Waals surface area contributed by atoms with Gasteiger partial charge in [0.1, 0.15) is 17.6 Å². The normalized spacial score (nSPS) is 16.1. The molecule has 5 rings (SSSR count). The first-order valence-corrected chi connectivity index (χ1v) is 11.7. The predicted molar refractivity (Wildman–Crippen MR) is 131 cm³/mol. The van der Waals surface area contributed by atoms with E-state index in [1.807, 2.05) is 49.8 Å². The van der Waals surface area contributed by atoms with Gasteiger partial charge in [-0.25, -0.2) is 9.78 Å². The van der Waals surface area contributed by atoms with Gasteiger partial charge in [0.15, 0.2) is 0 Å². The van der Waals surface area contributed by atoms with E-state index in [4.69, 9.17) is 4.98 Å². The van der Waals surface area contributed by atoms with Crippen LogP contribution < -0.4 is 15.2 Å². The SMILES string of the molecule is CCC(c1ccccc1)C1Nc2c(CCCNC)nc(-c3c[nH]c4ccccc34)c[n+]2C1=O. The maximum absolute atomic E-state index is 13.7. The number of hydrogen-bond acceptors (Lipinski definition) is 4. The van der Waals surface area contributed by atoms with E-state index in [2.05, 4.69) is 46.8 Å². The highest BCUT2D eigenvalue weighted by molar-refractivity contribution is 5.94. The van der Waals surface area contributed by atoms with E-state index < -0.39 is 0 Å². The van der Waals surface area contributed by atoms with Gasteiger partial charge < -0.3 is 10.3 Å². The molecule has 1 aliphatic rings. The number of carbonyl (C=O) groups excluding carboxylic acids is 1. The van der Waals surface area contributed by atoms with Crippen LogP contribution in [0.25, 0.3) is 22.2 Å². The third-order valence-electron chi connectivity index (χ3n) is 6.59. The largest absolute Gasteiger partial charge is 0.360 e. The summed E-state index contributed by atoms with van der Waals surface area (Å²) < 4.78 is 1.80. The molecule has 0 spiro atoms. The average Bonchev–Trinajstić information content (AvgIpc) is 3.42. The van der Waals surface area contributed by atoms with Gasteiger partial charge in [-0.15, -0.1) is 0 Å². The number of aryl methyl sites for hydroxylation is 1. The predicted octanol–water partition coefficient (Wildman–Crippen LogP) is 4.30. The monoisotopic (exact) mass is 440 g/mol. The van der Waals surface area contributed by atoms with Crippen LogP contribution in [-0.2, 0) is 6.42 Å². The summed E-state index contributed by atoms with van der Waals surface area (Å²) in [7, 11) is 1.96. The minimum atomic E-state index is -0.305. The van der Waals surface area contributed by atoms with E-state index in [1.165, 1.54) is 5.56 Å². The van der Waals surface area contributed by atoms with E-state index in [0.29, 0.717) is 0 Å². The van der Waals surface area contributed by atoms with Crippen molar-refractivity contribution in [2.75, 3.05) is 18.9 Å². The van der Waals surface area contributed by atoms with E-state index in [-0.39, 0.29) is 17.9 Å². The van der Waals surface area contributed by atoms with Crippen LogP contribution in [0, 0.1) is 0 Å². The summed E-state index contributed by atoms with van der Waals surface area (Å²) in [5, 5.41) is 7.88. The second kappa shape index (κ2) is 9.16. The highest BCUT2D eigenvalue weighted by Crippen LogP contribution is 2.32. The molecule has 6 nitrogen and oxygen atoms in total. The van der Waals surface area contributed by atoms with E-state index >= 15 is 0 Å². The Morgan fingerprint density at radius 3 is 2.70 bits per heavy atom. The topological polar surface area (TPSA) is 73.7 Å². The number of para-hydroxylation sites is 1. The Kier molecular flexibility index (Phi) is 5.92. The average molecular weight is 441 g/mol. The summed E-state index contributed by atoms with van der Waals surface area (Å²) >= 11 is 0. The van der Waals surface area contributed by atoms with Crippen LogP contribution in [0.2, 0.25) is 0 Å². The van der Waals surface area contributed by atoms with Crippen molar-refractivity contribution in [3.63, 3.8) is 0 Å². The van der Waals surface area contributed by atoms with Crippen LogP contribution >= 0.6 is 0 Å². The van der Waals surface area contributed by atoms with Crippen molar-refractivity contribution in [3.05, 3.63) is 78.2 Å². The summed E-state index contributed by atoms with van der Waals surface area (Å²) in [6.07, 6.45) is 6.51. The molecular weight excluding hydrogens is 410 g/mol. The fraction of sp³-hybridized carbons (Fsp3) is 0.296. The van der Waals surface area contributed by atoms with Gasteiger partial charge in [0.05, 0.1) is 0 Å². The van der Waals surface area contributed by atoms with E-state index in [9.17, 15) is 4.79 Å². The molecule has 0 saturated heterocycles. The molecule has 6 heteroatoms. The summed E-state index contributed by atoms with van der Waals surface area (Å²) in [6, 6.07) is 18.2. The van der Waals surface area contributed by atoms with Crippen LogP contribution in [0.15, 0.2) is 67.0 Å². The van der Waals surface area contributed by atoms with Gasteiger partial charge in [0, 0.05) is 28.6 Å². The molecule has 33 heavy (non-hydrogen) atoms. The number of H-pyrrole nitrogens is 1. The summed E-state index contributed by atoms with van der Waals surface area (Å²) in [5.41, 5.74) is 5.02. The maximum Gasteiger partial charge on any atom is 0.359 e. The number of nitrogens with one attached hydrogen (secondary N) is 3. The van der Waals surface area contributed by atoms with Gasteiger partial charge in [-0.3, -0.25) is 5.32 Å². The lowest BCUT2D eigenvalue weighted by atomic mass is 9.89. The van der Waals surface area contributed by atoms with Gasteiger partial charge >= 0.3 is 11.7 Å². The summed E-state index contributed by atoms with van der Waals surface area (Å²) in [5.74, 6) is 1.01. The molecule has 168 valence electrons. The van der Waals surface area contributed by atoms with Crippen LogP contribution in [0.4, 0.5) is 5.82 Å². The minimum absolute atomic E-state index is 0.0825. The maximum atomic E-state index is 13.7. The fourth-order valence-corrected chi connectivity index (χ4v) is 4.90. The molecule has 0 radical (unpaired) electrons. The smallest absolute Gasteiger partial charge is 0.359 e. The Hall–Kier alpha value is -3.51. The number of rotatable bonds is 8. The zero-order valence-electron chi connectivity index (χ0n) is 19.1. The Morgan fingerprint density at radius 1 is 1.12 bits per heavy atom. The third-order valence-corrected chi connectivity index (χ3v) is 6.59. The van der Waals surface area contributed by atoms with Crippen molar-refractivity contribution in [1.82, 2.24) is 15.3 Å². The molecule has 0 fully saturated rings. The highest BCUT2D eigenvalue weighted by Gasteiger charge is 2.45. The van der Waals surface area contributed by atoms with E-state index in [0.717, 1.165) is 59.5 Å². The lowest BCUT2D eigenvalue weighted by Gasteiger charge is -2.17. The summed E-state index contributed by atoms with van der Waals surface area (Å²) in [6.45, 7) is 3.04. The van der Waals surface area contributed by atoms with Gasteiger partial charge in [-0.05, 0) is 44.5 Å². The Morgan fingerprint density at radius 2 is 1.91 bits per heavy atom. The Bertz CT molecular complexity index is 1280. The number of carbonyl (C=O) groups is 1. The van der Waals surface area contributed by atoms with Crippen molar-refractivity contribution >= 4 is 22.6 Å². The van der Waals surface area contributed by atoms with Gasteiger partial charge in [-0.2, -0.15) is 4.57 Å². The van der Waals surface area contributed by atoms with Crippen molar-refractivity contribution in [3.8, 4) is 11.3 Å². The van der Waals surface area contributed by atoms with Crippen molar-refractivity contribution in [2.45, 2.75) is 38.1 Å². The molecule has 0 saturated carbocycles. The van der Waals surface area contributed by atoms with Crippen LogP contribution in [-0.4, -0.2) is 35.5 Å². The molecule has 2 aromatic carbocycles. The Balaban J connectivity index is 1.58. The second-order valence-corrected chi connectivity index (χ2v) is 8.63. The Labute approximate surface area is 194 Å². The number of fused-ring (bicyclic) bond motifs is 2. The quantitative estimate of drug-likeness (QED) is 0.282. The first-order valence-electron chi connectivity index (χ1n) is 11.7. The zero-order chi connectivity index (χ0) is 22.8. The van der Waals surface area contributed by atoms with Crippen molar-refractivity contribution in [2.24, 2.45) is 0 Å². The molecule has 3 heterocycles. The molecule has 2 aromatic heterocycles. The second-order valence-electron chi connectivity index (χ2n) is 8.63. The van der Waals surface area contributed by atoms with Crippen LogP contribution in [0.1, 0.15) is 41.7 Å². The zero-order valence-corrected chi connectivity index (χ0v) is 19.1. The van der Waals surface area contributed by atoms with Gasteiger partial charge in [0.2, 0.25) is 6.04 Å². The molecule has 0 bridgehead atoms. The number of nitrogens with zero attached hydrogens (tertiary/aromatic N) is 2. The number of benzene rings is 2. The van der Waals surface area contributed by atoms with Crippen molar-refractivity contribution in [1.29, 1.82) is 0 Å². The first kappa shape index (κ1) is 21.3. The molecule has 0 amide bonds. The molecule has 4 aromatic rings. The number of anilines is 1. The van der Waals surface area contributed by atoms with Gasteiger partial charge in [0.25, 0.3) is 0 Å². The first-order chi connectivity index (χ1) is 16.2. The summed E-state index contributed by atoms with van der Waals surface area (Å²) in [4.78, 5) is 22.1. The highest BCUT2D eigenvalue weighted by atomic mass is 16.2. The standard InChI is InChI=1S/C27H29N5O/c1-3-19(18-10-5-4-6-11-18)25-27(33)32-17-24(21-16-29-22-13-8-7-12-20(21)22)30-23(26(32)31-25)14-9-15-28-2/h4-8,10-13,16-17,19,25,28-29H,3,9,14-15H2,1-2H3/p+1. The number of hydrogen-bond donors (Lipinski definition) is 3. The molecule has 2 atom stereocenters. The lowest BCUT2D eigenvalue weighted by Crippen LogP contribution is -2.45. The molecule has 2 unspecified atom stereocenters.